The van der Waals surface area contributed by atoms with Gasteiger partial charge in [-0.2, -0.15) is 12.7 Å². The van der Waals surface area contributed by atoms with Crippen molar-refractivity contribution < 1.29 is 36.7 Å². The Morgan fingerprint density at radius 3 is 2.28 bits per heavy atom. The van der Waals surface area contributed by atoms with Crippen molar-refractivity contribution in [2.45, 2.75) is 116 Å². The van der Waals surface area contributed by atoms with E-state index in [0.29, 0.717) is 67.8 Å². The van der Waals surface area contributed by atoms with Crippen LogP contribution in [0.4, 0.5) is 14.9 Å². The number of likely N-dealkylation sites (tertiary alicyclic amines) is 1. The second kappa shape index (κ2) is 16.3. The molecule has 2 aliphatic carbocycles. The summed E-state index contributed by atoms with van der Waals surface area (Å²) in [6.07, 6.45) is 9.34. The quantitative estimate of drug-likeness (QED) is 0.243. The molecule has 53 heavy (non-hydrogen) atoms. The van der Waals surface area contributed by atoms with Gasteiger partial charge < -0.3 is 25.3 Å². The maximum Gasteiger partial charge on any atom is 0.407 e. The van der Waals surface area contributed by atoms with Crippen LogP contribution in [0.1, 0.15) is 108 Å². The lowest BCUT2D eigenvalue weighted by atomic mass is 9.76. The summed E-state index contributed by atoms with van der Waals surface area (Å²) in [6.45, 7) is 5.80. The number of H-pyrrole nitrogens is 1. The Morgan fingerprint density at radius 2 is 1.62 bits per heavy atom. The summed E-state index contributed by atoms with van der Waals surface area (Å²) < 4.78 is 48.1. The molecule has 1 unspecified atom stereocenters. The lowest BCUT2D eigenvalue weighted by Crippen LogP contribution is -2.50. The summed E-state index contributed by atoms with van der Waals surface area (Å²) in [5.41, 5.74) is 0.509. The fraction of sp³-hybridized carbons (Fsp3) is 0.684. The van der Waals surface area contributed by atoms with E-state index in [1.807, 2.05) is 0 Å². The minimum atomic E-state index is -3.94. The van der Waals surface area contributed by atoms with E-state index in [1.165, 1.54) is 10.7 Å². The molecule has 15 heteroatoms. The normalized spacial score (nSPS) is 25.2. The number of nitrogens with zero attached hydrogens (tertiary/aromatic N) is 2. The van der Waals surface area contributed by atoms with Crippen LogP contribution in [0, 0.1) is 23.7 Å². The minimum absolute atomic E-state index is 0.0355. The van der Waals surface area contributed by atoms with E-state index in [2.05, 4.69) is 20.3 Å². The number of rotatable bonds is 10. The van der Waals surface area contributed by atoms with Crippen molar-refractivity contribution in [2.75, 3.05) is 31.6 Å². The van der Waals surface area contributed by atoms with E-state index in [0.717, 1.165) is 44.9 Å². The van der Waals surface area contributed by atoms with E-state index in [1.54, 1.807) is 49.9 Å². The highest BCUT2D eigenvalue weighted by molar-refractivity contribution is 7.87. The molecule has 1 aromatic heterocycles. The third-order valence-corrected chi connectivity index (χ3v) is 13.1. The van der Waals surface area contributed by atoms with Crippen LogP contribution in [0.25, 0.3) is 10.9 Å². The van der Waals surface area contributed by atoms with Gasteiger partial charge in [0.1, 0.15) is 24.0 Å². The van der Waals surface area contributed by atoms with Gasteiger partial charge in [-0.25, -0.2) is 13.9 Å². The maximum absolute atomic E-state index is 14.2. The number of alkyl halides is 1. The van der Waals surface area contributed by atoms with Crippen molar-refractivity contribution in [1.82, 2.24) is 24.2 Å². The standard InChI is InChI=1S/C38H55FN6O7S/c1-38(2,3)52-37(49)42-32(23-39)25-11-13-26(14-12-25)36(48)45-20-17-29(24-9-5-4-6-10-24)33(45)35(47)40-28-15-16-30-27(21-28)22-31(41-30)34(46)43-53(50,51)44-18-7-8-19-44/h15-16,21-22,24-26,29,32-33,41H,4-14,17-20,23H2,1-3H3,(H,40,47)(H,42,49)(H,43,46)/t25?,26?,29-,32?,33-/m0/s1. The van der Waals surface area contributed by atoms with Crippen LogP contribution < -0.4 is 15.4 Å². The fourth-order valence-electron chi connectivity index (χ4n) is 8.91. The smallest absolute Gasteiger partial charge is 0.407 e. The van der Waals surface area contributed by atoms with E-state index >= 15 is 0 Å². The van der Waals surface area contributed by atoms with Gasteiger partial charge in [0.25, 0.3) is 5.91 Å². The van der Waals surface area contributed by atoms with Gasteiger partial charge in [0.05, 0.1) is 6.04 Å². The molecule has 0 bridgehead atoms. The topological polar surface area (TPSA) is 170 Å². The molecule has 6 rings (SSSR count). The number of ether oxygens (including phenoxy) is 1. The first-order valence-electron chi connectivity index (χ1n) is 19.3. The van der Waals surface area contributed by atoms with E-state index < -0.39 is 46.6 Å². The van der Waals surface area contributed by atoms with Crippen molar-refractivity contribution >= 4 is 50.6 Å². The van der Waals surface area contributed by atoms with Crippen molar-refractivity contribution in [3.63, 3.8) is 0 Å². The molecule has 0 spiro atoms. The molecule has 2 aromatic rings. The Labute approximate surface area is 311 Å². The van der Waals surface area contributed by atoms with Crippen molar-refractivity contribution in [3.05, 3.63) is 30.0 Å². The number of fused-ring (bicyclic) bond motifs is 1. The van der Waals surface area contributed by atoms with Gasteiger partial charge in [0.15, 0.2) is 0 Å². The van der Waals surface area contributed by atoms with Crippen LogP contribution in [-0.4, -0.2) is 90.4 Å². The minimum Gasteiger partial charge on any atom is -0.444 e. The first-order chi connectivity index (χ1) is 25.2. The maximum atomic E-state index is 14.2. The number of alkyl carbamates (subject to hydrolysis) is 1. The van der Waals surface area contributed by atoms with Crippen molar-refractivity contribution in [3.8, 4) is 0 Å². The number of carbonyl (C=O) groups excluding carboxylic acids is 4. The third-order valence-electron chi connectivity index (χ3n) is 11.6. The number of nitrogens with one attached hydrogen (secondary N) is 4. The predicted molar refractivity (Wildman–Crippen MR) is 199 cm³/mol. The molecule has 4 fully saturated rings. The molecule has 2 saturated carbocycles. The molecule has 4 amide bonds. The van der Waals surface area contributed by atoms with E-state index in [9.17, 15) is 32.0 Å². The van der Waals surface area contributed by atoms with Crippen molar-refractivity contribution in [2.24, 2.45) is 23.7 Å². The Kier molecular flexibility index (Phi) is 12.0. The van der Waals surface area contributed by atoms with Gasteiger partial charge in [-0.05, 0) is 108 Å². The third kappa shape index (κ3) is 9.33. The van der Waals surface area contributed by atoms with Crippen LogP contribution in [0.3, 0.4) is 0 Å². The molecule has 2 aliphatic heterocycles. The Hall–Kier alpha value is -3.72. The zero-order valence-corrected chi connectivity index (χ0v) is 31.9. The molecule has 1 aromatic carbocycles. The lowest BCUT2D eigenvalue weighted by molar-refractivity contribution is -0.142. The fourth-order valence-corrected chi connectivity index (χ4v) is 10.1. The number of aromatic nitrogens is 1. The second-order valence-electron chi connectivity index (χ2n) is 16.4. The number of hydrogen-bond acceptors (Lipinski definition) is 7. The van der Waals surface area contributed by atoms with E-state index in [-0.39, 0.29) is 35.3 Å². The zero-order chi connectivity index (χ0) is 37.9. The summed E-state index contributed by atoms with van der Waals surface area (Å²) in [5.74, 6) is -1.07. The molecule has 0 radical (unpaired) electrons. The number of carbonyl (C=O) groups is 4. The van der Waals surface area contributed by atoms with Crippen LogP contribution in [0.5, 0.6) is 0 Å². The highest BCUT2D eigenvalue weighted by Crippen LogP contribution is 2.41. The van der Waals surface area contributed by atoms with Crippen LogP contribution in [0.15, 0.2) is 24.3 Å². The second-order valence-corrected chi connectivity index (χ2v) is 18.0. The monoisotopic (exact) mass is 758 g/mol. The number of benzene rings is 1. The van der Waals surface area contributed by atoms with Gasteiger partial charge in [-0.3, -0.25) is 14.4 Å². The highest BCUT2D eigenvalue weighted by Gasteiger charge is 2.47. The van der Waals surface area contributed by atoms with Gasteiger partial charge in [-0.1, -0.05) is 32.1 Å². The number of halogens is 1. The van der Waals surface area contributed by atoms with Gasteiger partial charge in [-0.15, -0.1) is 0 Å². The van der Waals surface area contributed by atoms with Gasteiger partial charge >= 0.3 is 16.3 Å². The lowest BCUT2D eigenvalue weighted by Gasteiger charge is -2.37. The van der Waals surface area contributed by atoms with Gasteiger partial charge in [0.2, 0.25) is 11.8 Å². The molecule has 13 nitrogen and oxygen atoms in total. The molecular weight excluding hydrogens is 704 g/mol. The van der Waals surface area contributed by atoms with Crippen LogP contribution in [-0.2, 0) is 24.5 Å². The molecule has 2 saturated heterocycles. The summed E-state index contributed by atoms with van der Waals surface area (Å²) >= 11 is 0. The predicted octanol–water partition coefficient (Wildman–Crippen LogP) is 5.64. The van der Waals surface area contributed by atoms with Crippen LogP contribution >= 0.6 is 0 Å². The van der Waals surface area contributed by atoms with Crippen LogP contribution in [0.2, 0.25) is 0 Å². The molecular formula is C38H55FN6O7S. The average Bonchev–Trinajstić information content (AvgIpc) is 3.90. The van der Waals surface area contributed by atoms with Crippen molar-refractivity contribution in [1.29, 1.82) is 0 Å². The number of amides is 4. The number of hydrogen-bond donors (Lipinski definition) is 4. The Morgan fingerprint density at radius 1 is 0.925 bits per heavy atom. The Balaban J connectivity index is 1.13. The largest absolute Gasteiger partial charge is 0.444 e. The molecule has 4 N–H and O–H groups in total. The Bertz CT molecular complexity index is 1760. The molecule has 4 aliphatic rings. The highest BCUT2D eigenvalue weighted by atomic mass is 32.2. The van der Waals surface area contributed by atoms with E-state index in [4.69, 9.17) is 4.74 Å². The number of anilines is 1. The summed E-state index contributed by atoms with van der Waals surface area (Å²) in [4.78, 5) is 58.4. The summed E-state index contributed by atoms with van der Waals surface area (Å²) in [7, 11) is -3.94. The number of aromatic amines is 1. The summed E-state index contributed by atoms with van der Waals surface area (Å²) in [5, 5.41) is 6.38. The first kappa shape index (κ1) is 39.0. The first-order valence-corrected chi connectivity index (χ1v) is 20.8. The summed E-state index contributed by atoms with van der Waals surface area (Å²) in [6, 6.07) is 5.43. The van der Waals surface area contributed by atoms with Gasteiger partial charge in [0, 0.05) is 42.1 Å². The average molecular weight is 759 g/mol. The SMILES string of the molecule is CC(C)(C)OC(=O)NC(CF)C1CCC(C(=O)N2CC[C@@H](C3CCCCC3)[C@H]2C(=O)Nc2ccc3[nH]c(C(=O)NS(=O)(=O)N4CCCC4)cc3c2)CC1. The zero-order valence-electron chi connectivity index (χ0n) is 31.1. The molecule has 3 atom stereocenters. The molecule has 292 valence electrons. The molecule has 3 heterocycles.